The van der Waals surface area contributed by atoms with Gasteiger partial charge in [-0.1, -0.05) is 0 Å². The molecule has 2 aromatic carbocycles. The van der Waals surface area contributed by atoms with E-state index in [2.05, 4.69) is 0 Å². The van der Waals surface area contributed by atoms with Crippen LogP contribution in [0.5, 0.6) is 17.2 Å². The van der Waals surface area contributed by atoms with Crippen LogP contribution in [0.2, 0.25) is 0 Å². The zero-order chi connectivity index (χ0) is 14.5. The van der Waals surface area contributed by atoms with Crippen LogP contribution in [-0.2, 0) is 6.61 Å². The summed E-state index contributed by atoms with van der Waals surface area (Å²) in [7, 11) is 1.46. The molecule has 0 heterocycles. The second-order valence-electron chi connectivity index (χ2n) is 3.99. The quantitative estimate of drug-likeness (QED) is 0.930. The minimum atomic E-state index is -0.451. The normalized spacial score (nSPS) is 9.90. The van der Waals surface area contributed by atoms with Crippen molar-refractivity contribution < 1.29 is 19.0 Å². The van der Waals surface area contributed by atoms with E-state index in [0.29, 0.717) is 28.4 Å². The average Bonchev–Trinajstić information content (AvgIpc) is 2.49. The van der Waals surface area contributed by atoms with Gasteiger partial charge in [-0.25, -0.2) is 4.39 Å². The Morgan fingerprint density at radius 2 is 1.90 bits per heavy atom. The molecule has 102 valence electrons. The molecule has 0 saturated carbocycles. The van der Waals surface area contributed by atoms with Gasteiger partial charge in [0.1, 0.15) is 11.6 Å². The maximum atomic E-state index is 13.1. The van der Waals surface area contributed by atoms with Gasteiger partial charge >= 0.3 is 0 Å². The first-order valence-electron chi connectivity index (χ1n) is 5.83. The molecule has 0 bridgehead atoms. The summed E-state index contributed by atoms with van der Waals surface area (Å²) in [6.07, 6.45) is 0. The van der Waals surface area contributed by atoms with Gasteiger partial charge in [-0.3, -0.25) is 0 Å². The molecule has 0 saturated heterocycles. The van der Waals surface area contributed by atoms with Crippen LogP contribution in [0.15, 0.2) is 36.4 Å². The number of hydrogen-bond acceptors (Lipinski definition) is 4. The van der Waals surface area contributed by atoms with E-state index in [4.69, 9.17) is 14.7 Å². The van der Waals surface area contributed by atoms with Crippen LogP contribution >= 0.6 is 0 Å². The average molecular weight is 273 g/mol. The fourth-order valence-corrected chi connectivity index (χ4v) is 1.71. The third kappa shape index (κ3) is 2.87. The Balaban J connectivity index is 2.37. The number of ether oxygens (including phenoxy) is 2. The molecular formula is C15H12FNO3. The van der Waals surface area contributed by atoms with Crippen molar-refractivity contribution in [3.8, 4) is 23.3 Å². The van der Waals surface area contributed by atoms with Crippen LogP contribution in [-0.4, -0.2) is 12.2 Å². The van der Waals surface area contributed by atoms with Gasteiger partial charge in [0.25, 0.3) is 0 Å². The lowest BCUT2D eigenvalue weighted by atomic mass is 10.2. The number of aliphatic hydroxyl groups is 1. The third-order valence-corrected chi connectivity index (χ3v) is 2.71. The smallest absolute Gasteiger partial charge is 0.169 e. The Kier molecular flexibility index (Phi) is 4.18. The molecule has 0 atom stereocenters. The summed E-state index contributed by atoms with van der Waals surface area (Å²) in [4.78, 5) is 0. The van der Waals surface area contributed by atoms with E-state index in [1.165, 1.54) is 31.4 Å². The van der Waals surface area contributed by atoms with E-state index in [1.54, 1.807) is 12.1 Å². The van der Waals surface area contributed by atoms with Crippen molar-refractivity contribution in [1.82, 2.24) is 0 Å². The van der Waals surface area contributed by atoms with Gasteiger partial charge < -0.3 is 14.6 Å². The summed E-state index contributed by atoms with van der Waals surface area (Å²) in [6, 6.07) is 10.6. The van der Waals surface area contributed by atoms with Crippen molar-refractivity contribution >= 4 is 0 Å². The molecule has 0 aliphatic heterocycles. The van der Waals surface area contributed by atoms with Crippen LogP contribution in [0.4, 0.5) is 4.39 Å². The van der Waals surface area contributed by atoms with Gasteiger partial charge in [0, 0.05) is 11.6 Å². The molecule has 1 N–H and O–H groups in total. The van der Waals surface area contributed by atoms with Gasteiger partial charge in [-0.05, 0) is 30.3 Å². The monoisotopic (exact) mass is 273 g/mol. The van der Waals surface area contributed by atoms with E-state index < -0.39 is 5.82 Å². The summed E-state index contributed by atoms with van der Waals surface area (Å²) in [5, 5.41) is 18.0. The van der Waals surface area contributed by atoms with Crippen molar-refractivity contribution in [2.75, 3.05) is 7.11 Å². The van der Waals surface area contributed by atoms with E-state index in [-0.39, 0.29) is 6.61 Å². The van der Waals surface area contributed by atoms with Gasteiger partial charge in [0.15, 0.2) is 11.5 Å². The van der Waals surface area contributed by atoms with E-state index in [0.717, 1.165) is 0 Å². The Morgan fingerprint density at radius 1 is 1.15 bits per heavy atom. The molecular weight excluding hydrogens is 261 g/mol. The first-order valence-corrected chi connectivity index (χ1v) is 5.83. The molecule has 0 aliphatic carbocycles. The topological polar surface area (TPSA) is 62.5 Å². The van der Waals surface area contributed by atoms with Gasteiger partial charge in [0.05, 0.1) is 25.3 Å². The zero-order valence-corrected chi connectivity index (χ0v) is 10.8. The highest BCUT2D eigenvalue weighted by molar-refractivity contribution is 5.49. The van der Waals surface area contributed by atoms with Crippen LogP contribution in [0, 0.1) is 17.1 Å². The summed E-state index contributed by atoms with van der Waals surface area (Å²) < 4.78 is 23.9. The lowest BCUT2D eigenvalue weighted by molar-refractivity contribution is 0.275. The van der Waals surface area contributed by atoms with Crippen molar-refractivity contribution in [3.63, 3.8) is 0 Å². The number of benzene rings is 2. The minimum Gasteiger partial charge on any atom is -0.493 e. The number of methoxy groups -OCH3 is 1. The van der Waals surface area contributed by atoms with E-state index >= 15 is 0 Å². The number of rotatable bonds is 4. The van der Waals surface area contributed by atoms with Crippen LogP contribution in [0.3, 0.4) is 0 Å². The summed E-state index contributed by atoms with van der Waals surface area (Å²) >= 11 is 0. The fourth-order valence-electron chi connectivity index (χ4n) is 1.71. The highest BCUT2D eigenvalue weighted by Crippen LogP contribution is 2.34. The second kappa shape index (κ2) is 6.04. The summed E-state index contributed by atoms with van der Waals surface area (Å²) in [5.41, 5.74) is 0.770. The van der Waals surface area contributed by atoms with Crippen molar-refractivity contribution in [1.29, 1.82) is 5.26 Å². The summed E-state index contributed by atoms with van der Waals surface area (Å²) in [6.45, 7) is -0.342. The molecule has 0 radical (unpaired) electrons. The van der Waals surface area contributed by atoms with Crippen molar-refractivity contribution in [3.05, 3.63) is 53.3 Å². The Morgan fingerprint density at radius 3 is 2.55 bits per heavy atom. The highest BCUT2D eigenvalue weighted by Gasteiger charge is 2.10. The van der Waals surface area contributed by atoms with E-state index in [1.807, 2.05) is 6.07 Å². The molecule has 0 spiro atoms. The Hall–Kier alpha value is -2.58. The van der Waals surface area contributed by atoms with Crippen LogP contribution in [0.1, 0.15) is 11.1 Å². The minimum absolute atomic E-state index is 0.330. The second-order valence-corrected chi connectivity index (χ2v) is 3.99. The standard InChI is InChI=1S/C15H12FNO3/c1-19-15-6-10(8-17)2-4-14(15)20-13-5-3-12(16)7-11(13)9-18/h2-7,18H,9H2,1H3. The highest BCUT2D eigenvalue weighted by atomic mass is 19.1. The Labute approximate surface area is 115 Å². The fraction of sp³-hybridized carbons (Fsp3) is 0.133. The van der Waals surface area contributed by atoms with Gasteiger partial charge in [-0.2, -0.15) is 5.26 Å². The third-order valence-electron chi connectivity index (χ3n) is 2.71. The van der Waals surface area contributed by atoms with Crippen molar-refractivity contribution in [2.24, 2.45) is 0 Å². The number of nitrogens with zero attached hydrogens (tertiary/aromatic N) is 1. The van der Waals surface area contributed by atoms with E-state index in [9.17, 15) is 9.50 Å². The SMILES string of the molecule is COc1cc(C#N)ccc1Oc1ccc(F)cc1CO. The Bertz CT molecular complexity index is 665. The predicted octanol–water partition coefficient (Wildman–Crippen LogP) is 2.99. The molecule has 0 fully saturated rings. The molecule has 0 aromatic heterocycles. The lowest BCUT2D eigenvalue weighted by Gasteiger charge is -2.13. The molecule has 2 aromatic rings. The molecule has 0 aliphatic rings. The molecule has 4 nitrogen and oxygen atoms in total. The predicted molar refractivity (Wildman–Crippen MR) is 70.1 cm³/mol. The van der Waals surface area contributed by atoms with Gasteiger partial charge in [0.2, 0.25) is 0 Å². The van der Waals surface area contributed by atoms with Crippen molar-refractivity contribution in [2.45, 2.75) is 6.61 Å². The molecule has 5 heteroatoms. The largest absolute Gasteiger partial charge is 0.493 e. The maximum Gasteiger partial charge on any atom is 0.169 e. The number of nitriles is 1. The van der Waals surface area contributed by atoms with Crippen LogP contribution < -0.4 is 9.47 Å². The zero-order valence-electron chi connectivity index (χ0n) is 10.8. The van der Waals surface area contributed by atoms with Gasteiger partial charge in [-0.15, -0.1) is 0 Å². The van der Waals surface area contributed by atoms with Crippen LogP contribution in [0.25, 0.3) is 0 Å². The summed E-state index contributed by atoms with van der Waals surface area (Å²) in [5.74, 6) is 0.648. The molecule has 0 unspecified atom stereocenters. The molecule has 2 rings (SSSR count). The lowest BCUT2D eigenvalue weighted by Crippen LogP contribution is -1.95. The molecule has 20 heavy (non-hydrogen) atoms. The number of aliphatic hydroxyl groups excluding tert-OH is 1. The first kappa shape index (κ1) is 13.8. The molecule has 0 amide bonds. The first-order chi connectivity index (χ1) is 9.67. The number of hydrogen-bond donors (Lipinski definition) is 1. The maximum absolute atomic E-state index is 13.1. The number of halogens is 1.